The van der Waals surface area contributed by atoms with Crippen molar-refractivity contribution in [3.05, 3.63) is 35.1 Å². The van der Waals surface area contributed by atoms with Crippen molar-refractivity contribution in [1.29, 1.82) is 0 Å². The topological polar surface area (TPSA) is 15.3 Å². The lowest BCUT2D eigenvalue weighted by Crippen LogP contribution is -2.46. The van der Waals surface area contributed by atoms with Crippen LogP contribution in [0.4, 0.5) is 4.39 Å². The minimum absolute atomic E-state index is 0.0825. The van der Waals surface area contributed by atoms with Crippen molar-refractivity contribution in [2.45, 2.75) is 33.2 Å². The van der Waals surface area contributed by atoms with E-state index in [1.807, 2.05) is 13.0 Å². The number of benzene rings is 1. The molecule has 1 saturated heterocycles. The minimum Gasteiger partial charge on any atom is -0.314 e. The van der Waals surface area contributed by atoms with Gasteiger partial charge in [0.25, 0.3) is 0 Å². The predicted octanol–water partition coefficient (Wildman–Crippen LogP) is 3.13. The first-order valence-electron chi connectivity index (χ1n) is 7.35. The maximum absolute atomic E-state index is 13.8. The van der Waals surface area contributed by atoms with Crippen molar-refractivity contribution >= 4 is 0 Å². The van der Waals surface area contributed by atoms with Crippen LogP contribution in [-0.4, -0.2) is 31.1 Å². The molecule has 1 aliphatic heterocycles. The van der Waals surface area contributed by atoms with Crippen LogP contribution in [0.3, 0.4) is 0 Å². The van der Waals surface area contributed by atoms with Crippen LogP contribution in [0.1, 0.15) is 37.4 Å². The van der Waals surface area contributed by atoms with E-state index in [1.165, 1.54) is 0 Å². The van der Waals surface area contributed by atoms with Gasteiger partial charge in [-0.25, -0.2) is 4.39 Å². The highest BCUT2D eigenvalue weighted by Crippen LogP contribution is 2.33. The lowest BCUT2D eigenvalue weighted by molar-refractivity contribution is 0.128. The molecule has 1 fully saturated rings. The maximum atomic E-state index is 13.8. The monoisotopic (exact) mass is 264 g/mol. The van der Waals surface area contributed by atoms with Crippen LogP contribution in [-0.2, 0) is 0 Å². The Morgan fingerprint density at radius 2 is 2.00 bits per heavy atom. The van der Waals surface area contributed by atoms with E-state index in [9.17, 15) is 4.39 Å². The van der Waals surface area contributed by atoms with Crippen LogP contribution in [0.2, 0.25) is 0 Å². The first-order chi connectivity index (χ1) is 9.15. The van der Waals surface area contributed by atoms with Gasteiger partial charge in [0.15, 0.2) is 0 Å². The molecule has 0 bridgehead atoms. The van der Waals surface area contributed by atoms with E-state index in [0.717, 1.165) is 43.7 Å². The molecule has 106 valence electrons. The molecule has 19 heavy (non-hydrogen) atoms. The average Bonchev–Trinajstić information content (AvgIpc) is 2.44. The molecule has 0 aromatic heterocycles. The molecule has 0 amide bonds. The summed E-state index contributed by atoms with van der Waals surface area (Å²) in [6.45, 7) is 10.5. The zero-order chi connectivity index (χ0) is 13.8. The van der Waals surface area contributed by atoms with E-state index in [0.29, 0.717) is 12.0 Å². The van der Waals surface area contributed by atoms with Crippen LogP contribution in [0, 0.1) is 18.7 Å². The average molecular weight is 264 g/mol. The summed E-state index contributed by atoms with van der Waals surface area (Å²) in [6, 6.07) is 5.83. The largest absolute Gasteiger partial charge is 0.314 e. The molecule has 2 rings (SSSR count). The number of nitrogens with one attached hydrogen (secondary N) is 1. The van der Waals surface area contributed by atoms with Crippen molar-refractivity contribution < 1.29 is 4.39 Å². The van der Waals surface area contributed by atoms with Gasteiger partial charge in [-0.15, -0.1) is 0 Å². The fraction of sp³-hybridized carbons (Fsp3) is 0.625. The second kappa shape index (κ2) is 6.49. The second-order valence-electron chi connectivity index (χ2n) is 5.57. The molecular weight excluding hydrogens is 239 g/mol. The van der Waals surface area contributed by atoms with E-state index >= 15 is 0 Å². The number of hydrogen-bond donors (Lipinski definition) is 1. The SMILES string of the molecule is CCC(C)[C@@H](c1cccc(F)c1C)N1CCNCC1. The summed E-state index contributed by atoms with van der Waals surface area (Å²) >= 11 is 0. The molecule has 1 unspecified atom stereocenters. The summed E-state index contributed by atoms with van der Waals surface area (Å²) in [4.78, 5) is 2.51. The normalized spacial score (nSPS) is 20.2. The molecule has 2 atom stereocenters. The number of hydrogen-bond acceptors (Lipinski definition) is 2. The Bertz CT molecular complexity index is 413. The third-order valence-electron chi connectivity index (χ3n) is 4.36. The van der Waals surface area contributed by atoms with Crippen molar-refractivity contribution in [2.24, 2.45) is 5.92 Å². The first-order valence-corrected chi connectivity index (χ1v) is 7.35. The summed E-state index contributed by atoms with van der Waals surface area (Å²) in [5.41, 5.74) is 1.97. The quantitative estimate of drug-likeness (QED) is 0.899. The van der Waals surface area contributed by atoms with Crippen LogP contribution in [0.5, 0.6) is 0 Å². The third kappa shape index (κ3) is 3.15. The second-order valence-corrected chi connectivity index (χ2v) is 5.57. The molecule has 1 aromatic carbocycles. The van der Waals surface area contributed by atoms with Gasteiger partial charge in [-0.1, -0.05) is 32.4 Å². The molecule has 0 saturated carbocycles. The van der Waals surface area contributed by atoms with E-state index in [-0.39, 0.29) is 5.82 Å². The molecule has 1 aliphatic rings. The summed E-state index contributed by atoms with van der Waals surface area (Å²) < 4.78 is 13.8. The molecule has 2 nitrogen and oxygen atoms in total. The van der Waals surface area contributed by atoms with Gasteiger partial charge in [0.1, 0.15) is 5.82 Å². The zero-order valence-electron chi connectivity index (χ0n) is 12.2. The Morgan fingerprint density at radius 1 is 1.32 bits per heavy atom. The summed E-state index contributed by atoms with van der Waals surface area (Å²) in [7, 11) is 0. The molecule has 1 N–H and O–H groups in total. The van der Waals surface area contributed by atoms with Crippen LogP contribution >= 0.6 is 0 Å². The maximum Gasteiger partial charge on any atom is 0.126 e. The van der Waals surface area contributed by atoms with Crippen LogP contribution < -0.4 is 5.32 Å². The smallest absolute Gasteiger partial charge is 0.126 e. The van der Waals surface area contributed by atoms with Crippen molar-refractivity contribution in [2.75, 3.05) is 26.2 Å². The molecule has 0 spiro atoms. The van der Waals surface area contributed by atoms with E-state index in [4.69, 9.17) is 0 Å². The van der Waals surface area contributed by atoms with E-state index in [2.05, 4.69) is 30.1 Å². The molecule has 3 heteroatoms. The highest BCUT2D eigenvalue weighted by atomic mass is 19.1. The molecule has 0 aliphatic carbocycles. The van der Waals surface area contributed by atoms with Gasteiger partial charge >= 0.3 is 0 Å². The molecule has 1 heterocycles. The standard InChI is InChI=1S/C16H25FN2/c1-4-12(2)16(19-10-8-18-9-11-19)14-6-5-7-15(17)13(14)3/h5-7,12,16,18H,4,8-11H2,1-3H3/t12?,16-/m0/s1. The van der Waals surface area contributed by atoms with Gasteiger partial charge < -0.3 is 5.32 Å². The lowest BCUT2D eigenvalue weighted by Gasteiger charge is -2.39. The molecular formula is C16H25FN2. The van der Waals surface area contributed by atoms with Crippen LogP contribution in [0.25, 0.3) is 0 Å². The summed E-state index contributed by atoms with van der Waals surface area (Å²) in [5.74, 6) is 0.458. The van der Waals surface area contributed by atoms with Gasteiger partial charge in [-0.2, -0.15) is 0 Å². The fourth-order valence-electron chi connectivity index (χ4n) is 2.99. The van der Waals surface area contributed by atoms with E-state index in [1.54, 1.807) is 6.07 Å². The molecule has 1 aromatic rings. The number of rotatable bonds is 4. The fourth-order valence-corrected chi connectivity index (χ4v) is 2.99. The number of halogens is 1. The van der Waals surface area contributed by atoms with Gasteiger partial charge in [0.05, 0.1) is 0 Å². The number of nitrogens with zero attached hydrogens (tertiary/aromatic N) is 1. The molecule has 0 radical (unpaired) electrons. The number of piperazine rings is 1. The van der Waals surface area contributed by atoms with Gasteiger partial charge in [0, 0.05) is 32.2 Å². The summed E-state index contributed by atoms with van der Waals surface area (Å²) in [6.07, 6.45) is 1.12. The van der Waals surface area contributed by atoms with E-state index < -0.39 is 0 Å². The van der Waals surface area contributed by atoms with Crippen molar-refractivity contribution in [1.82, 2.24) is 10.2 Å². The van der Waals surface area contributed by atoms with Crippen molar-refractivity contribution in [3.63, 3.8) is 0 Å². The Morgan fingerprint density at radius 3 is 2.63 bits per heavy atom. The van der Waals surface area contributed by atoms with Crippen molar-refractivity contribution in [3.8, 4) is 0 Å². The Labute approximate surface area is 116 Å². The lowest BCUT2D eigenvalue weighted by atomic mass is 9.88. The predicted molar refractivity (Wildman–Crippen MR) is 77.8 cm³/mol. The highest BCUT2D eigenvalue weighted by Gasteiger charge is 2.28. The van der Waals surface area contributed by atoms with Gasteiger partial charge in [0.2, 0.25) is 0 Å². The van der Waals surface area contributed by atoms with Gasteiger partial charge in [-0.3, -0.25) is 4.90 Å². The minimum atomic E-state index is -0.0825. The Kier molecular flexibility index (Phi) is 4.94. The Hall–Kier alpha value is -0.930. The van der Waals surface area contributed by atoms with Gasteiger partial charge in [-0.05, 0) is 30.0 Å². The highest BCUT2D eigenvalue weighted by molar-refractivity contribution is 5.30. The first kappa shape index (κ1) is 14.5. The zero-order valence-corrected chi connectivity index (χ0v) is 12.2. The van der Waals surface area contributed by atoms with Crippen LogP contribution in [0.15, 0.2) is 18.2 Å². The summed E-state index contributed by atoms with van der Waals surface area (Å²) in [5, 5.41) is 3.39. The third-order valence-corrected chi connectivity index (χ3v) is 4.36. The Balaban J connectivity index is 2.33.